The van der Waals surface area contributed by atoms with Crippen LogP contribution >= 0.6 is 11.9 Å². The van der Waals surface area contributed by atoms with Crippen LogP contribution in [-0.2, 0) is 0 Å². The number of amides is 1. The Hall–Kier alpha value is -3.87. The van der Waals surface area contributed by atoms with Gasteiger partial charge in [0.1, 0.15) is 23.2 Å². The summed E-state index contributed by atoms with van der Waals surface area (Å²) >= 11 is 0.580. The van der Waals surface area contributed by atoms with E-state index >= 15 is 0 Å². The molecule has 0 spiro atoms. The summed E-state index contributed by atoms with van der Waals surface area (Å²) in [5.41, 5.74) is 3.01. The number of hydrazone groups is 1. The van der Waals surface area contributed by atoms with Gasteiger partial charge in [-0.15, -0.1) is 0 Å². The minimum Gasteiger partial charge on any atom is -0.505 e. The quantitative estimate of drug-likeness (QED) is 0.113. The van der Waals surface area contributed by atoms with E-state index in [0.29, 0.717) is 28.4 Å². The molecule has 0 aromatic heterocycles. The molecule has 0 unspecified atom stereocenters. The highest BCUT2D eigenvalue weighted by Crippen LogP contribution is 2.36. The first kappa shape index (κ1) is 21.8. The zero-order valence-electron chi connectivity index (χ0n) is 16.4. The van der Waals surface area contributed by atoms with Gasteiger partial charge in [0.05, 0.1) is 5.56 Å². The summed E-state index contributed by atoms with van der Waals surface area (Å²) in [5, 5.41) is 33.4. The number of nitrogens with two attached hydrogens (primary N) is 1. The lowest BCUT2D eigenvalue weighted by Gasteiger charge is -2.14. The van der Waals surface area contributed by atoms with Crippen molar-refractivity contribution in [3.63, 3.8) is 0 Å². The van der Waals surface area contributed by atoms with Crippen molar-refractivity contribution in [3.05, 3.63) is 77.6 Å². The number of phenolic OH excluding ortho intramolecular Hbond substituents is 1. The van der Waals surface area contributed by atoms with E-state index in [1.54, 1.807) is 60.7 Å². The summed E-state index contributed by atoms with van der Waals surface area (Å²) in [7, 11) is 0. The Balaban J connectivity index is 2.08. The molecule has 0 fully saturated rings. The van der Waals surface area contributed by atoms with Crippen molar-refractivity contribution in [2.75, 3.05) is 10.7 Å². The van der Waals surface area contributed by atoms with Gasteiger partial charge in [0.2, 0.25) is 0 Å². The number of fused-ring (bicyclic) bond motifs is 1. The Morgan fingerprint density at radius 1 is 1.19 bits per heavy atom. The molecule has 0 radical (unpaired) electrons. The maximum absolute atomic E-state index is 13.6. The fourth-order valence-corrected chi connectivity index (χ4v) is 3.27. The summed E-state index contributed by atoms with van der Waals surface area (Å²) < 4.78 is 13.6. The molecule has 0 heterocycles. The Kier molecular flexibility index (Phi) is 6.87. The monoisotopic (exact) mass is 435 g/mol. The van der Waals surface area contributed by atoms with Crippen molar-refractivity contribution in [3.8, 4) is 11.8 Å². The van der Waals surface area contributed by atoms with Gasteiger partial charge in [0, 0.05) is 11.1 Å². The largest absolute Gasteiger partial charge is 0.505 e. The first-order valence-corrected chi connectivity index (χ1v) is 9.92. The molecule has 3 aromatic rings. The number of phenols is 1. The maximum Gasteiger partial charge on any atom is 0.259 e. The number of nitrogens with one attached hydrogen (secondary N) is 2. The van der Waals surface area contributed by atoms with Crippen LogP contribution in [0.3, 0.4) is 0 Å². The smallest absolute Gasteiger partial charge is 0.259 e. The van der Waals surface area contributed by atoms with Gasteiger partial charge in [0.25, 0.3) is 5.91 Å². The predicted molar refractivity (Wildman–Crippen MR) is 122 cm³/mol. The number of nitrogens with zero attached hydrogens (tertiary/aromatic N) is 2. The Morgan fingerprint density at radius 3 is 2.52 bits per heavy atom. The third kappa shape index (κ3) is 4.83. The van der Waals surface area contributed by atoms with Crippen LogP contribution in [0.15, 0.2) is 77.2 Å². The molecule has 31 heavy (non-hydrogen) atoms. The second kappa shape index (κ2) is 9.75. The van der Waals surface area contributed by atoms with Crippen LogP contribution in [-0.4, -0.2) is 16.1 Å². The first-order chi connectivity index (χ1) is 15.0. The number of carbonyl (C=O) groups is 1. The highest BCUT2D eigenvalue weighted by Gasteiger charge is 2.19. The molecule has 156 valence electrons. The van der Waals surface area contributed by atoms with E-state index in [1.807, 2.05) is 6.07 Å². The average Bonchev–Trinajstić information content (AvgIpc) is 2.77. The second-order valence-electron chi connectivity index (χ2n) is 6.36. The van der Waals surface area contributed by atoms with Gasteiger partial charge in [-0.3, -0.25) is 15.4 Å². The van der Waals surface area contributed by atoms with E-state index in [-0.39, 0.29) is 27.6 Å². The molecule has 0 aliphatic carbocycles. The molecule has 9 heteroatoms. The molecule has 0 aliphatic heterocycles. The lowest BCUT2D eigenvalue weighted by molar-refractivity contribution is 0.102. The number of allylic oxidation sites excluding steroid dienone is 1. The second-order valence-corrected chi connectivity index (χ2v) is 6.98. The van der Waals surface area contributed by atoms with Gasteiger partial charge in [-0.2, -0.15) is 10.4 Å². The number of benzene rings is 3. The van der Waals surface area contributed by atoms with E-state index in [9.17, 15) is 14.3 Å². The molecular formula is C22H18FN5O2S. The maximum atomic E-state index is 13.6. The number of anilines is 2. The molecular weight excluding hydrogens is 417 g/mol. The average molecular weight is 435 g/mol. The Labute approximate surface area is 182 Å². The molecule has 5 N–H and O–H groups in total. The van der Waals surface area contributed by atoms with Crippen LogP contribution in [0.2, 0.25) is 0 Å². The number of hydrogen-bond acceptors (Lipinski definition) is 7. The number of para-hydroxylation sites is 1. The standard InChI is InChI=1S/C22H18FN5O2S/c1-13(23)18(12-24)22(31-25)28-27-19-16-10-6-5-7-14(16)11-17(20(19)29)21(30)26-15-8-3-2-4-9-15/h2-11,27,29H,25H2,1H3,(H,26,30)/b18-13-,28-22+. The third-order valence-corrected chi connectivity index (χ3v) is 4.87. The summed E-state index contributed by atoms with van der Waals surface area (Å²) in [6.45, 7) is 1.12. The number of nitriles is 1. The number of aromatic hydroxyl groups is 1. The molecule has 0 aliphatic rings. The molecule has 0 saturated carbocycles. The first-order valence-electron chi connectivity index (χ1n) is 9.04. The van der Waals surface area contributed by atoms with E-state index in [2.05, 4.69) is 15.8 Å². The van der Waals surface area contributed by atoms with Crippen LogP contribution in [0.5, 0.6) is 5.75 Å². The van der Waals surface area contributed by atoms with Crippen molar-refractivity contribution >= 4 is 45.0 Å². The van der Waals surface area contributed by atoms with Crippen LogP contribution in [0, 0.1) is 11.3 Å². The minimum absolute atomic E-state index is 0.0138. The topological polar surface area (TPSA) is 124 Å². The van der Waals surface area contributed by atoms with E-state index in [4.69, 9.17) is 10.4 Å². The van der Waals surface area contributed by atoms with Crippen LogP contribution in [0.25, 0.3) is 10.8 Å². The number of hydrogen-bond donors (Lipinski definition) is 4. The number of rotatable bonds is 5. The van der Waals surface area contributed by atoms with E-state index in [0.717, 1.165) is 6.92 Å². The van der Waals surface area contributed by atoms with E-state index < -0.39 is 11.7 Å². The van der Waals surface area contributed by atoms with Crippen LogP contribution in [0.1, 0.15) is 17.3 Å². The van der Waals surface area contributed by atoms with Crippen molar-refractivity contribution in [1.29, 1.82) is 5.26 Å². The fourth-order valence-electron chi connectivity index (χ4n) is 2.86. The molecule has 3 aromatic carbocycles. The SMILES string of the molecule is C/C(F)=C(C#N)/C(=N\Nc1c(O)c(C(=O)Nc2ccccc2)cc2ccccc12)SN. The summed E-state index contributed by atoms with van der Waals surface area (Å²) in [6.07, 6.45) is 0. The van der Waals surface area contributed by atoms with Crippen LogP contribution < -0.4 is 15.9 Å². The number of halogens is 1. The molecule has 0 bridgehead atoms. The molecule has 0 atom stereocenters. The molecule has 1 amide bonds. The zero-order valence-corrected chi connectivity index (χ0v) is 17.2. The van der Waals surface area contributed by atoms with Gasteiger partial charge in [-0.05, 0) is 42.5 Å². The highest BCUT2D eigenvalue weighted by molar-refractivity contribution is 8.12. The zero-order chi connectivity index (χ0) is 22.4. The van der Waals surface area contributed by atoms with Gasteiger partial charge >= 0.3 is 0 Å². The van der Waals surface area contributed by atoms with Crippen molar-refractivity contribution < 1.29 is 14.3 Å². The normalized spacial score (nSPS) is 12.1. The van der Waals surface area contributed by atoms with Crippen molar-refractivity contribution in [2.45, 2.75) is 6.92 Å². The van der Waals surface area contributed by atoms with Crippen LogP contribution in [0.4, 0.5) is 15.8 Å². The Bertz CT molecular complexity index is 1230. The summed E-state index contributed by atoms with van der Waals surface area (Å²) in [6, 6.07) is 19.1. The molecule has 7 nitrogen and oxygen atoms in total. The minimum atomic E-state index is -0.744. The lowest BCUT2D eigenvalue weighted by atomic mass is 10.0. The number of carbonyl (C=O) groups excluding carboxylic acids is 1. The Morgan fingerprint density at radius 2 is 1.87 bits per heavy atom. The van der Waals surface area contributed by atoms with Gasteiger partial charge < -0.3 is 10.4 Å². The van der Waals surface area contributed by atoms with Crippen molar-refractivity contribution in [2.24, 2.45) is 10.2 Å². The van der Waals surface area contributed by atoms with Crippen molar-refractivity contribution in [1.82, 2.24) is 0 Å². The van der Waals surface area contributed by atoms with Gasteiger partial charge in [-0.1, -0.05) is 42.5 Å². The summed E-state index contributed by atoms with van der Waals surface area (Å²) in [5.74, 6) is -1.62. The highest BCUT2D eigenvalue weighted by atomic mass is 32.2. The van der Waals surface area contributed by atoms with Gasteiger partial charge in [0.15, 0.2) is 10.8 Å². The molecule has 3 rings (SSSR count). The molecule has 0 saturated heterocycles. The van der Waals surface area contributed by atoms with Gasteiger partial charge in [-0.25, -0.2) is 4.39 Å². The predicted octanol–water partition coefficient (Wildman–Crippen LogP) is 4.90. The lowest BCUT2D eigenvalue weighted by Crippen LogP contribution is -2.13. The third-order valence-electron chi connectivity index (χ3n) is 4.35. The summed E-state index contributed by atoms with van der Waals surface area (Å²) in [4.78, 5) is 12.8. The van der Waals surface area contributed by atoms with E-state index in [1.165, 1.54) is 0 Å². The fraction of sp³-hybridized carbons (Fsp3) is 0.0455.